The van der Waals surface area contributed by atoms with E-state index in [4.69, 9.17) is 19.4 Å². The summed E-state index contributed by atoms with van der Waals surface area (Å²) < 4.78 is 10.9. The summed E-state index contributed by atoms with van der Waals surface area (Å²) in [5.41, 5.74) is 11.1. The highest BCUT2D eigenvalue weighted by atomic mass is 16.3. The van der Waals surface area contributed by atoms with Crippen LogP contribution in [0.15, 0.2) is 192 Å². The number of nitrogens with zero attached hydrogens (tertiary/aromatic N) is 5. The van der Waals surface area contributed by atoms with Gasteiger partial charge in [0.05, 0.1) is 22.1 Å². The molecule has 0 fully saturated rings. The molecule has 0 aliphatic carbocycles. The van der Waals surface area contributed by atoms with Crippen molar-refractivity contribution in [1.82, 2.24) is 24.1 Å². The third-order valence-electron chi connectivity index (χ3n) is 11.2. The zero-order chi connectivity index (χ0) is 37.5. The van der Waals surface area contributed by atoms with Crippen molar-refractivity contribution >= 4 is 65.6 Å². The molecule has 12 aromatic rings. The van der Waals surface area contributed by atoms with Gasteiger partial charge < -0.3 is 8.98 Å². The predicted octanol–water partition coefficient (Wildman–Crippen LogP) is 13.0. The number of fused-ring (bicyclic) bond motifs is 10. The summed E-state index contributed by atoms with van der Waals surface area (Å²) in [6.45, 7) is 0. The second-order valence-electron chi connectivity index (χ2n) is 14.4. The van der Waals surface area contributed by atoms with Crippen LogP contribution in [0.3, 0.4) is 0 Å². The monoisotopic (exact) mass is 729 g/mol. The second kappa shape index (κ2) is 12.3. The number of para-hydroxylation sites is 4. The average Bonchev–Trinajstić information content (AvgIpc) is 3.94. The van der Waals surface area contributed by atoms with Crippen molar-refractivity contribution in [1.29, 1.82) is 0 Å². The molecule has 6 nitrogen and oxygen atoms in total. The van der Waals surface area contributed by atoms with E-state index in [-0.39, 0.29) is 0 Å². The molecule has 0 atom stereocenters. The van der Waals surface area contributed by atoms with Gasteiger partial charge in [0.1, 0.15) is 11.2 Å². The first kappa shape index (κ1) is 31.5. The zero-order valence-corrected chi connectivity index (χ0v) is 30.5. The number of rotatable bonds is 5. The smallest absolute Gasteiger partial charge is 0.238 e. The van der Waals surface area contributed by atoms with Gasteiger partial charge in [-0.1, -0.05) is 133 Å². The third-order valence-corrected chi connectivity index (χ3v) is 11.2. The van der Waals surface area contributed by atoms with E-state index in [1.165, 1.54) is 10.8 Å². The predicted molar refractivity (Wildman–Crippen MR) is 232 cm³/mol. The van der Waals surface area contributed by atoms with Gasteiger partial charge in [0, 0.05) is 54.7 Å². The number of hydrogen-bond acceptors (Lipinski definition) is 4. The van der Waals surface area contributed by atoms with E-state index in [2.05, 4.69) is 149 Å². The maximum absolute atomic E-state index is 6.21. The highest BCUT2D eigenvalue weighted by molar-refractivity contribution is 6.31. The fourth-order valence-corrected chi connectivity index (χ4v) is 8.69. The van der Waals surface area contributed by atoms with Crippen molar-refractivity contribution in [2.45, 2.75) is 0 Å². The summed E-state index contributed by atoms with van der Waals surface area (Å²) in [6.07, 6.45) is 0. The average molecular weight is 730 g/mol. The molecule has 4 heterocycles. The number of furan rings is 1. The first-order valence-electron chi connectivity index (χ1n) is 19.1. The minimum atomic E-state index is 0.547. The van der Waals surface area contributed by atoms with Crippen molar-refractivity contribution in [3.05, 3.63) is 188 Å². The lowest BCUT2D eigenvalue weighted by atomic mass is 9.98. The SMILES string of the molecule is c1ccc(-c2nc(-c3ccc4oc5ccccc5c4c3)nc(-n3c4ccccc4c4c5c6ccccc6n(-c6ccccc6)c5cc(-c5ccccc5)c43)n2)cc1. The Morgan fingerprint density at radius 3 is 1.67 bits per heavy atom. The van der Waals surface area contributed by atoms with E-state index in [0.29, 0.717) is 17.6 Å². The highest BCUT2D eigenvalue weighted by Crippen LogP contribution is 2.46. The molecule has 0 aliphatic rings. The van der Waals surface area contributed by atoms with E-state index in [1.807, 2.05) is 48.5 Å². The van der Waals surface area contributed by atoms with Crippen molar-refractivity contribution in [3.63, 3.8) is 0 Å². The van der Waals surface area contributed by atoms with Crippen LogP contribution < -0.4 is 0 Å². The Balaban J connectivity index is 1.24. The van der Waals surface area contributed by atoms with Crippen LogP contribution in [0.4, 0.5) is 0 Å². The Kier molecular flexibility index (Phi) is 6.83. The fraction of sp³-hybridized carbons (Fsp3) is 0. The first-order chi connectivity index (χ1) is 28.3. The summed E-state index contributed by atoms with van der Waals surface area (Å²) in [4.78, 5) is 15.9. The van der Waals surface area contributed by atoms with Crippen LogP contribution in [0.5, 0.6) is 0 Å². The molecule has 266 valence electrons. The number of benzene rings is 8. The van der Waals surface area contributed by atoms with E-state index >= 15 is 0 Å². The molecule has 12 rings (SSSR count). The molecule has 0 saturated heterocycles. The Bertz CT molecular complexity index is 3510. The van der Waals surface area contributed by atoms with Gasteiger partial charge >= 0.3 is 0 Å². The first-order valence-corrected chi connectivity index (χ1v) is 19.1. The lowest BCUT2D eigenvalue weighted by Gasteiger charge is -2.14. The van der Waals surface area contributed by atoms with Crippen LogP contribution in [0.1, 0.15) is 0 Å². The summed E-state index contributed by atoms with van der Waals surface area (Å²) in [7, 11) is 0. The van der Waals surface area contributed by atoms with Crippen LogP contribution >= 0.6 is 0 Å². The summed E-state index contributed by atoms with van der Waals surface area (Å²) >= 11 is 0. The molecule has 8 aromatic carbocycles. The molecule has 0 radical (unpaired) electrons. The molecule has 0 spiro atoms. The quantitative estimate of drug-likeness (QED) is 0.177. The van der Waals surface area contributed by atoms with Gasteiger partial charge in [-0.05, 0) is 60.2 Å². The second-order valence-corrected chi connectivity index (χ2v) is 14.4. The lowest BCUT2D eigenvalue weighted by Crippen LogP contribution is -2.07. The minimum Gasteiger partial charge on any atom is -0.456 e. The molecule has 0 bridgehead atoms. The highest BCUT2D eigenvalue weighted by Gasteiger charge is 2.26. The van der Waals surface area contributed by atoms with Gasteiger partial charge in [-0.25, -0.2) is 4.98 Å². The van der Waals surface area contributed by atoms with Gasteiger partial charge in [-0.3, -0.25) is 4.57 Å². The molecular weight excluding hydrogens is 699 g/mol. The van der Waals surface area contributed by atoms with Crippen LogP contribution in [-0.2, 0) is 0 Å². The van der Waals surface area contributed by atoms with E-state index in [1.54, 1.807) is 0 Å². The lowest BCUT2D eigenvalue weighted by molar-refractivity contribution is 0.669. The zero-order valence-electron chi connectivity index (χ0n) is 30.5. The Labute approximate surface area is 326 Å². The Hall–Kier alpha value is -7.83. The standard InChI is InChI=1S/C51H31N5O/c1-4-16-32(17-5-1)39-31-43-46(37-23-10-13-25-41(37)55(43)35-20-8-3-9-21-35)47-38-24-11-14-26-42(38)56(48(39)47)51-53-49(33-18-6-2-7-19-33)52-50(54-51)34-28-29-45-40(30-34)36-22-12-15-27-44(36)57-45/h1-31H. The van der Waals surface area contributed by atoms with Crippen molar-refractivity contribution in [2.75, 3.05) is 0 Å². The Morgan fingerprint density at radius 2 is 0.930 bits per heavy atom. The van der Waals surface area contributed by atoms with Crippen LogP contribution in [0.25, 0.3) is 111 Å². The topological polar surface area (TPSA) is 61.7 Å². The minimum absolute atomic E-state index is 0.547. The van der Waals surface area contributed by atoms with Gasteiger partial charge in [0.15, 0.2) is 11.6 Å². The molecule has 0 aliphatic heterocycles. The molecule has 4 aromatic heterocycles. The van der Waals surface area contributed by atoms with Crippen LogP contribution in [0, 0.1) is 0 Å². The van der Waals surface area contributed by atoms with Crippen molar-refractivity contribution < 1.29 is 4.42 Å². The van der Waals surface area contributed by atoms with Crippen molar-refractivity contribution in [3.8, 4) is 45.5 Å². The van der Waals surface area contributed by atoms with E-state index in [0.717, 1.165) is 82.7 Å². The molecule has 0 amide bonds. The summed E-state index contributed by atoms with van der Waals surface area (Å²) in [5.74, 6) is 1.73. The molecule has 6 heteroatoms. The van der Waals surface area contributed by atoms with Gasteiger partial charge in [0.2, 0.25) is 5.95 Å². The summed E-state index contributed by atoms with van der Waals surface area (Å²) in [6, 6.07) is 65.5. The van der Waals surface area contributed by atoms with Gasteiger partial charge in [0.25, 0.3) is 0 Å². The molecule has 0 unspecified atom stereocenters. The molecule has 0 saturated carbocycles. The van der Waals surface area contributed by atoms with Gasteiger partial charge in [-0.15, -0.1) is 0 Å². The normalized spacial score (nSPS) is 11.9. The maximum atomic E-state index is 6.21. The van der Waals surface area contributed by atoms with Crippen LogP contribution in [-0.4, -0.2) is 24.1 Å². The Morgan fingerprint density at radius 1 is 0.368 bits per heavy atom. The summed E-state index contributed by atoms with van der Waals surface area (Å²) in [5, 5.41) is 6.73. The fourth-order valence-electron chi connectivity index (χ4n) is 8.69. The van der Waals surface area contributed by atoms with E-state index < -0.39 is 0 Å². The number of hydrogen-bond donors (Lipinski definition) is 0. The van der Waals surface area contributed by atoms with Gasteiger partial charge in [-0.2, -0.15) is 9.97 Å². The van der Waals surface area contributed by atoms with E-state index in [9.17, 15) is 0 Å². The third kappa shape index (κ3) is 4.81. The molecule has 57 heavy (non-hydrogen) atoms. The molecule has 0 N–H and O–H groups in total. The number of aromatic nitrogens is 5. The largest absolute Gasteiger partial charge is 0.456 e. The molecular formula is C51H31N5O. The van der Waals surface area contributed by atoms with Crippen LogP contribution in [0.2, 0.25) is 0 Å². The maximum Gasteiger partial charge on any atom is 0.238 e. The van der Waals surface area contributed by atoms with Crippen molar-refractivity contribution in [2.24, 2.45) is 0 Å².